The van der Waals surface area contributed by atoms with E-state index in [1.807, 2.05) is 0 Å². The number of anilines is 1. The average molecular weight is 322 g/mol. The summed E-state index contributed by atoms with van der Waals surface area (Å²) in [6, 6.07) is 5.41. The minimum atomic E-state index is -0.944. The van der Waals surface area contributed by atoms with Crippen molar-refractivity contribution in [2.45, 2.75) is 25.9 Å². The fourth-order valence-electron chi connectivity index (χ4n) is 2.17. The van der Waals surface area contributed by atoms with Crippen molar-refractivity contribution in [2.75, 3.05) is 18.5 Å². The monoisotopic (exact) mass is 322 g/mol. The van der Waals surface area contributed by atoms with Gasteiger partial charge in [-0.25, -0.2) is 0 Å². The van der Waals surface area contributed by atoms with Crippen LogP contribution in [0.1, 0.15) is 19.8 Å². The average Bonchev–Trinajstić information content (AvgIpc) is 2.56. The van der Waals surface area contributed by atoms with Gasteiger partial charge in [-0.15, -0.1) is 0 Å². The molecule has 0 aromatic heterocycles. The minimum Gasteiger partial charge on any atom is -0.452 e. The number of ether oxygens (including phenoxy) is 2. The van der Waals surface area contributed by atoms with Crippen LogP contribution in [0.25, 0.3) is 0 Å². The van der Waals surface area contributed by atoms with Gasteiger partial charge < -0.3 is 14.8 Å². The second-order valence-electron chi connectivity index (χ2n) is 5.26. The van der Waals surface area contributed by atoms with Crippen LogP contribution in [0.5, 0.6) is 0 Å². The zero-order valence-electron chi connectivity index (χ0n) is 12.7. The van der Waals surface area contributed by atoms with Gasteiger partial charge in [-0.1, -0.05) is 0 Å². The summed E-state index contributed by atoms with van der Waals surface area (Å²) >= 11 is 0. The van der Waals surface area contributed by atoms with Crippen LogP contribution in [0.3, 0.4) is 0 Å². The maximum absolute atomic E-state index is 12.0. The topological polar surface area (TPSA) is 108 Å². The zero-order valence-corrected chi connectivity index (χ0v) is 12.7. The third-order valence-electron chi connectivity index (χ3n) is 3.56. The van der Waals surface area contributed by atoms with Gasteiger partial charge in [0.25, 0.3) is 11.6 Å². The highest BCUT2D eigenvalue weighted by Gasteiger charge is 2.26. The van der Waals surface area contributed by atoms with Crippen molar-refractivity contribution in [1.29, 1.82) is 0 Å². The van der Waals surface area contributed by atoms with Gasteiger partial charge in [-0.2, -0.15) is 0 Å². The molecule has 1 heterocycles. The molecule has 1 aromatic carbocycles. The van der Waals surface area contributed by atoms with Crippen molar-refractivity contribution in [3.05, 3.63) is 34.4 Å². The lowest BCUT2D eigenvalue weighted by molar-refractivity contribution is -0.384. The molecule has 2 rings (SSSR count). The van der Waals surface area contributed by atoms with Crippen molar-refractivity contribution in [2.24, 2.45) is 5.92 Å². The number of rotatable bonds is 5. The summed E-state index contributed by atoms with van der Waals surface area (Å²) in [5, 5.41) is 13.1. The van der Waals surface area contributed by atoms with Crippen molar-refractivity contribution < 1.29 is 24.0 Å². The zero-order chi connectivity index (χ0) is 16.8. The number of nitro groups is 1. The molecule has 8 nitrogen and oxygen atoms in total. The Morgan fingerprint density at radius 1 is 1.30 bits per heavy atom. The number of nitrogens with zero attached hydrogens (tertiary/aromatic N) is 1. The van der Waals surface area contributed by atoms with E-state index in [1.54, 1.807) is 0 Å². The summed E-state index contributed by atoms with van der Waals surface area (Å²) in [4.78, 5) is 34.0. The van der Waals surface area contributed by atoms with Crippen LogP contribution in [-0.4, -0.2) is 36.1 Å². The number of nitro benzene ring substituents is 1. The van der Waals surface area contributed by atoms with Gasteiger partial charge in [0.2, 0.25) is 0 Å². The molecule has 0 saturated carbocycles. The van der Waals surface area contributed by atoms with Gasteiger partial charge in [-0.05, 0) is 31.9 Å². The molecule has 1 fully saturated rings. The molecule has 1 aromatic rings. The van der Waals surface area contributed by atoms with Crippen molar-refractivity contribution >= 4 is 23.3 Å². The third kappa shape index (κ3) is 4.75. The minimum absolute atomic E-state index is 0.0676. The summed E-state index contributed by atoms with van der Waals surface area (Å²) < 4.78 is 10.3. The Kier molecular flexibility index (Phi) is 5.64. The smallest absolute Gasteiger partial charge is 0.309 e. The molecule has 8 heteroatoms. The van der Waals surface area contributed by atoms with Gasteiger partial charge in [0.1, 0.15) is 0 Å². The Bertz CT molecular complexity index is 580. The lowest BCUT2D eigenvalue weighted by Gasteiger charge is -2.22. The lowest BCUT2D eigenvalue weighted by Crippen LogP contribution is -2.34. The quantitative estimate of drug-likeness (QED) is 0.504. The predicted octanol–water partition coefficient (Wildman–Crippen LogP) is 1.89. The second-order valence-corrected chi connectivity index (χ2v) is 5.26. The van der Waals surface area contributed by atoms with E-state index in [2.05, 4.69) is 5.32 Å². The molecule has 1 saturated heterocycles. The molecule has 0 radical (unpaired) electrons. The Morgan fingerprint density at radius 3 is 2.48 bits per heavy atom. The maximum atomic E-state index is 12.0. The number of esters is 1. The highest BCUT2D eigenvalue weighted by atomic mass is 16.6. The first-order valence-corrected chi connectivity index (χ1v) is 7.31. The Morgan fingerprint density at radius 2 is 1.91 bits per heavy atom. The number of hydrogen-bond acceptors (Lipinski definition) is 6. The SMILES string of the molecule is C[C@H](OC(=O)C1CCOCC1)C(=O)Nc1ccc([N+](=O)[O-])cc1. The van der Waals surface area contributed by atoms with Crippen LogP contribution in [0.2, 0.25) is 0 Å². The highest BCUT2D eigenvalue weighted by molar-refractivity contribution is 5.95. The standard InChI is InChI=1S/C15H18N2O6/c1-10(23-15(19)11-6-8-22-9-7-11)14(18)16-12-2-4-13(5-3-12)17(20)21/h2-5,10-11H,6-9H2,1H3,(H,16,18)/t10-/m0/s1. The van der Waals surface area contributed by atoms with E-state index in [4.69, 9.17) is 9.47 Å². The first kappa shape index (κ1) is 16.9. The molecule has 0 bridgehead atoms. The summed E-state index contributed by atoms with van der Waals surface area (Å²) in [6.07, 6.45) is 0.242. The van der Waals surface area contributed by atoms with Crippen LogP contribution in [0.4, 0.5) is 11.4 Å². The normalized spacial score (nSPS) is 16.4. The predicted molar refractivity (Wildman–Crippen MR) is 80.8 cm³/mol. The largest absolute Gasteiger partial charge is 0.452 e. The van der Waals surface area contributed by atoms with E-state index in [1.165, 1.54) is 31.2 Å². The van der Waals surface area contributed by atoms with Crippen LogP contribution in [-0.2, 0) is 19.1 Å². The molecule has 23 heavy (non-hydrogen) atoms. The molecule has 1 aliphatic rings. The number of amides is 1. The number of nitrogens with one attached hydrogen (secondary N) is 1. The number of benzene rings is 1. The van der Waals surface area contributed by atoms with Gasteiger partial charge in [0.15, 0.2) is 6.10 Å². The number of carbonyl (C=O) groups excluding carboxylic acids is 2. The molecule has 1 atom stereocenters. The number of carbonyl (C=O) groups is 2. The summed E-state index contributed by atoms with van der Waals surface area (Å²) in [5.74, 6) is -1.13. The Balaban J connectivity index is 1.86. The van der Waals surface area contributed by atoms with E-state index < -0.39 is 22.9 Å². The molecule has 1 amide bonds. The number of hydrogen-bond donors (Lipinski definition) is 1. The van der Waals surface area contributed by atoms with E-state index in [-0.39, 0.29) is 11.6 Å². The van der Waals surface area contributed by atoms with Crippen molar-refractivity contribution in [1.82, 2.24) is 0 Å². The van der Waals surface area contributed by atoms with Gasteiger partial charge in [-0.3, -0.25) is 19.7 Å². The third-order valence-corrected chi connectivity index (χ3v) is 3.56. The maximum Gasteiger partial charge on any atom is 0.309 e. The van der Waals surface area contributed by atoms with Crippen LogP contribution >= 0.6 is 0 Å². The summed E-state index contributed by atoms with van der Waals surface area (Å²) in [7, 11) is 0. The van der Waals surface area contributed by atoms with Gasteiger partial charge in [0.05, 0.1) is 10.8 Å². The lowest BCUT2D eigenvalue weighted by atomic mass is 10.0. The van der Waals surface area contributed by atoms with Gasteiger partial charge >= 0.3 is 5.97 Å². The first-order chi connectivity index (χ1) is 11.0. The molecule has 0 spiro atoms. The fourth-order valence-corrected chi connectivity index (χ4v) is 2.17. The van der Waals surface area contributed by atoms with Gasteiger partial charge in [0, 0.05) is 31.0 Å². The van der Waals surface area contributed by atoms with E-state index in [0.29, 0.717) is 31.7 Å². The molecule has 0 unspecified atom stereocenters. The van der Waals surface area contributed by atoms with Crippen molar-refractivity contribution in [3.63, 3.8) is 0 Å². The second kappa shape index (κ2) is 7.68. The molecule has 1 N–H and O–H groups in total. The van der Waals surface area contributed by atoms with Crippen molar-refractivity contribution in [3.8, 4) is 0 Å². The highest BCUT2D eigenvalue weighted by Crippen LogP contribution is 2.18. The molecular formula is C15H18N2O6. The van der Waals surface area contributed by atoms with Crippen LogP contribution in [0, 0.1) is 16.0 Å². The van der Waals surface area contributed by atoms with Crippen LogP contribution < -0.4 is 5.32 Å². The van der Waals surface area contributed by atoms with E-state index in [9.17, 15) is 19.7 Å². The van der Waals surface area contributed by atoms with E-state index >= 15 is 0 Å². The molecule has 0 aliphatic carbocycles. The van der Waals surface area contributed by atoms with E-state index in [0.717, 1.165) is 0 Å². The first-order valence-electron chi connectivity index (χ1n) is 7.31. The fraction of sp³-hybridized carbons (Fsp3) is 0.467. The summed E-state index contributed by atoms with van der Waals surface area (Å²) in [6.45, 7) is 2.52. The molecule has 1 aliphatic heterocycles. The Hall–Kier alpha value is -2.48. The Labute approximate surface area is 132 Å². The summed E-state index contributed by atoms with van der Waals surface area (Å²) in [5.41, 5.74) is 0.330. The number of non-ortho nitro benzene ring substituents is 1. The van der Waals surface area contributed by atoms with Crippen LogP contribution in [0.15, 0.2) is 24.3 Å². The molecule has 124 valence electrons. The molecular weight excluding hydrogens is 304 g/mol.